The minimum atomic E-state index is -0.807. The van der Waals surface area contributed by atoms with Crippen LogP contribution in [0.25, 0.3) is 0 Å². The van der Waals surface area contributed by atoms with E-state index in [4.69, 9.17) is 5.11 Å². The first-order valence-electron chi connectivity index (χ1n) is 6.76. The zero-order chi connectivity index (χ0) is 15.4. The van der Waals surface area contributed by atoms with Crippen LogP contribution in [0.4, 0.5) is 5.69 Å². The SMILES string of the molecule is O=C(N[C@H]1CC[C@@H](C(=O)O)CC1)c1ccccc1[N+](=O)[O-]. The lowest BCUT2D eigenvalue weighted by Gasteiger charge is -2.26. The molecule has 1 saturated carbocycles. The van der Waals surface area contributed by atoms with Gasteiger partial charge in [-0.3, -0.25) is 19.7 Å². The first kappa shape index (κ1) is 15.0. The van der Waals surface area contributed by atoms with E-state index in [-0.39, 0.29) is 23.2 Å². The highest BCUT2D eigenvalue weighted by atomic mass is 16.6. The van der Waals surface area contributed by atoms with Gasteiger partial charge in [-0.1, -0.05) is 12.1 Å². The second-order valence-electron chi connectivity index (χ2n) is 5.13. The topological polar surface area (TPSA) is 110 Å². The molecule has 1 amide bonds. The van der Waals surface area contributed by atoms with Crippen LogP contribution in [0.15, 0.2) is 24.3 Å². The molecule has 0 heterocycles. The summed E-state index contributed by atoms with van der Waals surface area (Å²) in [5.74, 6) is -1.65. The van der Waals surface area contributed by atoms with E-state index in [1.54, 1.807) is 6.07 Å². The fraction of sp³-hybridized carbons (Fsp3) is 0.429. The van der Waals surface area contributed by atoms with Crippen molar-refractivity contribution in [1.82, 2.24) is 5.32 Å². The van der Waals surface area contributed by atoms with Crippen LogP contribution in [0.2, 0.25) is 0 Å². The van der Waals surface area contributed by atoms with Crippen molar-refractivity contribution in [2.75, 3.05) is 0 Å². The van der Waals surface area contributed by atoms with Crippen LogP contribution >= 0.6 is 0 Å². The van der Waals surface area contributed by atoms with Crippen LogP contribution in [0.5, 0.6) is 0 Å². The number of carboxylic acids is 1. The summed E-state index contributed by atoms with van der Waals surface area (Å²) in [5, 5.41) is 22.6. The van der Waals surface area contributed by atoms with Crippen LogP contribution in [0, 0.1) is 16.0 Å². The number of carbonyl (C=O) groups excluding carboxylic acids is 1. The number of amides is 1. The first-order valence-corrected chi connectivity index (χ1v) is 6.76. The molecule has 112 valence electrons. The van der Waals surface area contributed by atoms with Gasteiger partial charge in [0, 0.05) is 12.1 Å². The summed E-state index contributed by atoms with van der Waals surface area (Å²) >= 11 is 0. The molecular weight excluding hydrogens is 276 g/mol. The van der Waals surface area contributed by atoms with Crippen molar-refractivity contribution in [2.24, 2.45) is 5.92 Å². The summed E-state index contributed by atoms with van der Waals surface area (Å²) in [5.41, 5.74) is -0.197. The molecule has 0 unspecified atom stereocenters. The Hall–Kier alpha value is -2.44. The standard InChI is InChI=1S/C14H16N2O5/c17-13(11-3-1-2-4-12(11)16(20)21)15-10-7-5-9(6-8-10)14(18)19/h1-4,9-10H,5-8H2,(H,15,17)(H,18,19)/t9-,10+. The average Bonchev–Trinajstić information content (AvgIpc) is 2.47. The van der Waals surface area contributed by atoms with Gasteiger partial charge in [0.15, 0.2) is 0 Å². The fourth-order valence-electron chi connectivity index (χ4n) is 2.57. The van der Waals surface area contributed by atoms with Crippen molar-refractivity contribution in [3.05, 3.63) is 39.9 Å². The van der Waals surface area contributed by atoms with Gasteiger partial charge in [0.25, 0.3) is 11.6 Å². The maximum absolute atomic E-state index is 12.1. The van der Waals surface area contributed by atoms with Crippen molar-refractivity contribution in [3.8, 4) is 0 Å². The number of benzene rings is 1. The predicted octanol–water partition coefficient (Wildman–Crippen LogP) is 1.97. The number of rotatable bonds is 4. The lowest BCUT2D eigenvalue weighted by Crippen LogP contribution is -2.38. The molecule has 1 aromatic rings. The van der Waals surface area contributed by atoms with Gasteiger partial charge in [0.05, 0.1) is 10.8 Å². The van der Waals surface area contributed by atoms with Crippen molar-refractivity contribution >= 4 is 17.6 Å². The number of aliphatic carboxylic acids is 1. The van der Waals surface area contributed by atoms with Gasteiger partial charge < -0.3 is 10.4 Å². The number of carboxylic acid groups (broad SMARTS) is 1. The lowest BCUT2D eigenvalue weighted by molar-refractivity contribution is -0.385. The Balaban J connectivity index is 2.00. The Morgan fingerprint density at radius 1 is 1.19 bits per heavy atom. The van der Waals surface area contributed by atoms with Crippen molar-refractivity contribution < 1.29 is 19.6 Å². The molecule has 21 heavy (non-hydrogen) atoms. The zero-order valence-corrected chi connectivity index (χ0v) is 11.3. The molecule has 1 aliphatic carbocycles. The second kappa shape index (κ2) is 6.34. The fourth-order valence-corrected chi connectivity index (χ4v) is 2.57. The van der Waals surface area contributed by atoms with Gasteiger partial charge in [-0.25, -0.2) is 0 Å². The van der Waals surface area contributed by atoms with E-state index in [2.05, 4.69) is 5.32 Å². The molecule has 0 atom stereocenters. The molecule has 7 heteroatoms. The molecule has 0 saturated heterocycles. The third-order valence-corrected chi connectivity index (χ3v) is 3.76. The third-order valence-electron chi connectivity index (χ3n) is 3.76. The number of hydrogen-bond acceptors (Lipinski definition) is 4. The quantitative estimate of drug-likeness (QED) is 0.651. The molecule has 7 nitrogen and oxygen atoms in total. The molecule has 0 radical (unpaired) electrons. The van der Waals surface area contributed by atoms with Gasteiger partial charge in [-0.2, -0.15) is 0 Å². The summed E-state index contributed by atoms with van der Waals surface area (Å²) in [6.45, 7) is 0. The lowest BCUT2D eigenvalue weighted by atomic mass is 9.86. The molecule has 1 aromatic carbocycles. The van der Waals surface area contributed by atoms with E-state index in [0.717, 1.165) is 0 Å². The molecule has 0 aromatic heterocycles. The number of carbonyl (C=O) groups is 2. The largest absolute Gasteiger partial charge is 0.481 e. The molecule has 2 N–H and O–H groups in total. The molecule has 0 aliphatic heterocycles. The van der Waals surface area contributed by atoms with Crippen molar-refractivity contribution in [2.45, 2.75) is 31.7 Å². The monoisotopic (exact) mass is 292 g/mol. The summed E-state index contributed by atoms with van der Waals surface area (Å²) in [4.78, 5) is 33.3. The van der Waals surface area contributed by atoms with Crippen LogP contribution < -0.4 is 5.32 Å². The predicted molar refractivity (Wildman–Crippen MR) is 73.9 cm³/mol. The van der Waals surface area contributed by atoms with E-state index in [1.165, 1.54) is 18.2 Å². The van der Waals surface area contributed by atoms with Crippen LogP contribution in [0.3, 0.4) is 0 Å². The Morgan fingerprint density at radius 3 is 2.38 bits per heavy atom. The smallest absolute Gasteiger partial charge is 0.306 e. The Kier molecular flexibility index (Phi) is 4.52. The van der Waals surface area contributed by atoms with Crippen LogP contribution in [-0.4, -0.2) is 27.9 Å². The van der Waals surface area contributed by atoms with E-state index >= 15 is 0 Å². The average molecular weight is 292 g/mol. The second-order valence-corrected chi connectivity index (χ2v) is 5.13. The number of nitro benzene ring substituents is 1. The highest BCUT2D eigenvalue weighted by molar-refractivity contribution is 5.98. The molecule has 1 aliphatic rings. The number of nitrogens with zero attached hydrogens (tertiary/aromatic N) is 1. The summed E-state index contributed by atoms with van der Waals surface area (Å²) in [6, 6.07) is 5.65. The third kappa shape index (κ3) is 3.56. The first-order chi connectivity index (χ1) is 9.99. The Labute approximate surface area is 121 Å². The van der Waals surface area contributed by atoms with E-state index in [9.17, 15) is 19.7 Å². The number of nitro groups is 1. The van der Waals surface area contributed by atoms with Crippen molar-refractivity contribution in [1.29, 1.82) is 0 Å². The minimum Gasteiger partial charge on any atom is -0.481 e. The Morgan fingerprint density at radius 2 is 1.81 bits per heavy atom. The van der Waals surface area contributed by atoms with Gasteiger partial charge in [-0.15, -0.1) is 0 Å². The van der Waals surface area contributed by atoms with Gasteiger partial charge in [0.2, 0.25) is 0 Å². The molecule has 1 fully saturated rings. The van der Waals surface area contributed by atoms with Crippen LogP contribution in [0.1, 0.15) is 36.0 Å². The maximum Gasteiger partial charge on any atom is 0.306 e. The summed E-state index contributed by atoms with van der Waals surface area (Å²) < 4.78 is 0. The van der Waals surface area contributed by atoms with Crippen molar-refractivity contribution in [3.63, 3.8) is 0 Å². The molecular formula is C14H16N2O5. The number of para-hydroxylation sites is 1. The van der Waals surface area contributed by atoms with E-state index < -0.39 is 16.8 Å². The molecule has 0 bridgehead atoms. The highest BCUT2D eigenvalue weighted by Crippen LogP contribution is 2.25. The minimum absolute atomic E-state index is 0.0304. The normalized spacial score (nSPS) is 21.5. The summed E-state index contributed by atoms with van der Waals surface area (Å²) in [6.07, 6.45) is 2.17. The van der Waals surface area contributed by atoms with E-state index in [1.807, 2.05) is 0 Å². The zero-order valence-electron chi connectivity index (χ0n) is 11.3. The Bertz CT molecular complexity index is 564. The van der Waals surface area contributed by atoms with Gasteiger partial charge in [0.1, 0.15) is 5.56 Å². The van der Waals surface area contributed by atoms with Gasteiger partial charge in [-0.05, 0) is 31.7 Å². The number of hydrogen-bond donors (Lipinski definition) is 2. The van der Waals surface area contributed by atoms with Crippen LogP contribution in [-0.2, 0) is 4.79 Å². The maximum atomic E-state index is 12.1. The molecule has 2 rings (SSSR count). The van der Waals surface area contributed by atoms with E-state index in [0.29, 0.717) is 25.7 Å². The number of nitrogens with one attached hydrogen (secondary N) is 1. The summed E-state index contributed by atoms with van der Waals surface area (Å²) in [7, 11) is 0. The highest BCUT2D eigenvalue weighted by Gasteiger charge is 2.28. The van der Waals surface area contributed by atoms with Gasteiger partial charge >= 0.3 is 5.97 Å². The molecule has 0 spiro atoms.